The zero-order valence-electron chi connectivity index (χ0n) is 19.8. The Morgan fingerprint density at radius 2 is 2.00 bits per heavy atom. The molecule has 2 N–H and O–H groups in total. The van der Waals surface area contributed by atoms with E-state index in [4.69, 9.17) is 11.6 Å². The number of carbonyl (C=O) groups is 2. The SMILES string of the molecule is C=CN=C(/C=C(\C)C(=O)N[C@H](C)c1ncc(C(=O)Nc2cc(C(F)(F)F)c(Cl)cn2)s1)c1cnn(C)c1. The molecule has 1 atom stereocenters. The summed E-state index contributed by atoms with van der Waals surface area (Å²) in [5.74, 6) is -1.41. The summed E-state index contributed by atoms with van der Waals surface area (Å²) >= 11 is 6.53. The number of anilines is 1. The number of nitrogens with one attached hydrogen (secondary N) is 2. The molecule has 0 aliphatic carbocycles. The van der Waals surface area contributed by atoms with Gasteiger partial charge in [-0.15, -0.1) is 11.3 Å². The number of aryl methyl sites for hydroxylation is 1. The molecule has 0 aliphatic rings. The van der Waals surface area contributed by atoms with Gasteiger partial charge in [0.1, 0.15) is 15.7 Å². The number of thiazole rings is 1. The number of amides is 2. The molecule has 0 fully saturated rings. The molecule has 37 heavy (non-hydrogen) atoms. The maximum atomic E-state index is 13.1. The molecule has 194 valence electrons. The summed E-state index contributed by atoms with van der Waals surface area (Å²) in [6.07, 6.45) is 3.68. The van der Waals surface area contributed by atoms with E-state index in [0.717, 1.165) is 17.5 Å². The van der Waals surface area contributed by atoms with Crippen LogP contribution in [0.25, 0.3) is 0 Å². The molecule has 3 rings (SSSR count). The molecule has 3 aromatic heterocycles. The van der Waals surface area contributed by atoms with Crippen molar-refractivity contribution in [3.05, 3.63) is 81.3 Å². The molecule has 3 heterocycles. The van der Waals surface area contributed by atoms with Gasteiger partial charge in [0.15, 0.2) is 0 Å². The van der Waals surface area contributed by atoms with Crippen LogP contribution in [0.1, 0.15) is 45.7 Å². The van der Waals surface area contributed by atoms with Crippen LogP contribution < -0.4 is 10.6 Å². The maximum Gasteiger partial charge on any atom is 0.418 e. The predicted octanol–water partition coefficient (Wildman–Crippen LogP) is 4.95. The first kappa shape index (κ1) is 27.7. The highest BCUT2D eigenvalue weighted by Gasteiger charge is 2.34. The fourth-order valence-corrected chi connectivity index (χ4v) is 4.01. The van der Waals surface area contributed by atoms with Gasteiger partial charge in [-0.2, -0.15) is 18.3 Å². The zero-order valence-corrected chi connectivity index (χ0v) is 21.4. The molecule has 9 nitrogen and oxygen atoms in total. The lowest BCUT2D eigenvalue weighted by Crippen LogP contribution is -2.27. The zero-order chi connectivity index (χ0) is 27.3. The topological polar surface area (TPSA) is 114 Å². The third-order valence-electron chi connectivity index (χ3n) is 4.81. The summed E-state index contributed by atoms with van der Waals surface area (Å²) < 4.78 is 40.8. The minimum absolute atomic E-state index is 0.116. The Balaban J connectivity index is 1.68. The molecule has 2 amide bonds. The second-order valence-corrected chi connectivity index (χ2v) is 9.16. The van der Waals surface area contributed by atoms with Crippen molar-refractivity contribution in [2.45, 2.75) is 26.1 Å². The van der Waals surface area contributed by atoms with Crippen LogP contribution in [0, 0.1) is 0 Å². The van der Waals surface area contributed by atoms with Gasteiger partial charge < -0.3 is 10.6 Å². The van der Waals surface area contributed by atoms with Gasteiger partial charge in [0.2, 0.25) is 5.91 Å². The molecule has 0 unspecified atom stereocenters. The van der Waals surface area contributed by atoms with Gasteiger partial charge in [-0.3, -0.25) is 19.3 Å². The number of rotatable bonds is 8. The van der Waals surface area contributed by atoms with Crippen molar-refractivity contribution >= 4 is 46.3 Å². The van der Waals surface area contributed by atoms with Crippen molar-refractivity contribution in [2.24, 2.45) is 12.0 Å². The molecule has 0 aromatic carbocycles. The Morgan fingerprint density at radius 1 is 1.27 bits per heavy atom. The highest BCUT2D eigenvalue weighted by Crippen LogP contribution is 2.35. The standard InChI is InChI=1S/C23H21ClF3N7O2S/c1-5-28-17(14-8-31-34(4)11-14)6-12(2)20(35)32-13(3)22-30-10-18(37-22)21(36)33-19-7-15(23(25,26)27)16(24)9-29-19/h5-11,13H,1H2,2-4H3,(H,32,35)(H,29,33,36)/b12-6+,28-17?/t13-/m1/s1. The van der Waals surface area contributed by atoms with Crippen molar-refractivity contribution in [3.8, 4) is 0 Å². The quantitative estimate of drug-likeness (QED) is 0.304. The summed E-state index contributed by atoms with van der Waals surface area (Å²) in [5, 5.41) is 9.01. The number of hydrogen-bond donors (Lipinski definition) is 2. The number of hydrogen-bond acceptors (Lipinski definition) is 7. The van der Waals surface area contributed by atoms with Crippen LogP contribution in [0.5, 0.6) is 0 Å². The Labute approximate surface area is 218 Å². The highest BCUT2D eigenvalue weighted by molar-refractivity contribution is 7.13. The molecular formula is C23H21ClF3N7O2S. The Morgan fingerprint density at radius 3 is 2.62 bits per heavy atom. The molecule has 3 aromatic rings. The van der Waals surface area contributed by atoms with E-state index in [1.807, 2.05) is 0 Å². The van der Waals surface area contributed by atoms with E-state index >= 15 is 0 Å². The molecule has 0 spiro atoms. The lowest BCUT2D eigenvalue weighted by atomic mass is 10.1. The number of alkyl halides is 3. The molecule has 0 bridgehead atoms. The van der Waals surface area contributed by atoms with Gasteiger partial charge >= 0.3 is 6.18 Å². The van der Waals surface area contributed by atoms with Gasteiger partial charge in [0.25, 0.3) is 5.91 Å². The van der Waals surface area contributed by atoms with Crippen molar-refractivity contribution in [3.63, 3.8) is 0 Å². The molecule has 0 radical (unpaired) electrons. The van der Waals surface area contributed by atoms with E-state index in [-0.39, 0.29) is 16.6 Å². The van der Waals surface area contributed by atoms with Crippen LogP contribution >= 0.6 is 22.9 Å². The van der Waals surface area contributed by atoms with E-state index < -0.39 is 28.7 Å². The van der Waals surface area contributed by atoms with Crippen molar-refractivity contribution in [1.82, 2.24) is 25.1 Å². The summed E-state index contributed by atoms with van der Waals surface area (Å²) in [6, 6.07) is 0.0846. The van der Waals surface area contributed by atoms with Gasteiger partial charge in [-0.05, 0) is 26.0 Å². The minimum atomic E-state index is -4.70. The minimum Gasteiger partial charge on any atom is -0.343 e. The number of nitrogens with zero attached hydrogens (tertiary/aromatic N) is 5. The van der Waals surface area contributed by atoms with E-state index in [1.54, 1.807) is 44.0 Å². The number of allylic oxidation sites excluding steroid dienone is 1. The normalized spacial score (nSPS) is 13.3. The first-order valence-electron chi connectivity index (χ1n) is 10.6. The number of pyridine rings is 1. The lowest BCUT2D eigenvalue weighted by Gasteiger charge is -2.12. The first-order chi connectivity index (χ1) is 17.4. The maximum absolute atomic E-state index is 13.1. The van der Waals surface area contributed by atoms with E-state index in [0.29, 0.717) is 27.9 Å². The summed E-state index contributed by atoms with van der Waals surface area (Å²) in [4.78, 5) is 37.4. The van der Waals surface area contributed by atoms with E-state index in [9.17, 15) is 22.8 Å². The largest absolute Gasteiger partial charge is 0.418 e. The Bertz CT molecular complexity index is 1390. The van der Waals surface area contributed by atoms with Gasteiger partial charge in [0.05, 0.1) is 34.7 Å². The average molecular weight is 552 g/mol. The second-order valence-electron chi connectivity index (χ2n) is 7.69. The smallest absolute Gasteiger partial charge is 0.343 e. The van der Waals surface area contributed by atoms with E-state index in [1.165, 1.54) is 12.4 Å². The van der Waals surface area contributed by atoms with Gasteiger partial charge in [-0.25, -0.2) is 9.97 Å². The van der Waals surface area contributed by atoms with Crippen molar-refractivity contribution in [2.75, 3.05) is 5.32 Å². The molecule has 0 saturated heterocycles. The number of aromatic nitrogens is 4. The van der Waals surface area contributed by atoms with Crippen molar-refractivity contribution in [1.29, 1.82) is 0 Å². The van der Waals surface area contributed by atoms with Crippen LogP contribution in [0.3, 0.4) is 0 Å². The number of carbonyl (C=O) groups excluding carboxylic acids is 2. The second kappa shape index (κ2) is 11.5. The summed E-state index contributed by atoms with van der Waals surface area (Å²) in [5.41, 5.74) is 0.450. The van der Waals surface area contributed by atoms with Crippen LogP contribution in [-0.4, -0.2) is 37.3 Å². The van der Waals surface area contributed by atoms with Crippen LogP contribution in [0.15, 0.2) is 60.3 Å². The summed E-state index contributed by atoms with van der Waals surface area (Å²) in [6.45, 7) is 6.89. The molecule has 0 aliphatic heterocycles. The fraction of sp³-hybridized carbons (Fsp3) is 0.217. The Kier molecular flexibility index (Phi) is 8.61. The average Bonchev–Trinajstić information content (AvgIpc) is 3.49. The van der Waals surface area contributed by atoms with Gasteiger partial charge in [-0.1, -0.05) is 18.2 Å². The van der Waals surface area contributed by atoms with E-state index in [2.05, 4.69) is 37.3 Å². The Hall–Kier alpha value is -3.84. The number of aliphatic imine (C=N–C) groups is 1. The molecule has 14 heteroatoms. The van der Waals surface area contributed by atoms with Crippen molar-refractivity contribution < 1.29 is 22.8 Å². The first-order valence-corrected chi connectivity index (χ1v) is 11.7. The number of halogens is 4. The third kappa shape index (κ3) is 7.11. The van der Waals surface area contributed by atoms with Crippen LogP contribution in [0.4, 0.5) is 19.0 Å². The lowest BCUT2D eigenvalue weighted by molar-refractivity contribution is -0.137. The fourth-order valence-electron chi connectivity index (χ4n) is 2.98. The monoisotopic (exact) mass is 551 g/mol. The van der Waals surface area contributed by atoms with Crippen LogP contribution in [-0.2, 0) is 18.0 Å². The highest BCUT2D eigenvalue weighted by atomic mass is 35.5. The molecular weight excluding hydrogens is 531 g/mol. The van der Waals surface area contributed by atoms with Crippen LogP contribution in [0.2, 0.25) is 5.02 Å². The van der Waals surface area contributed by atoms with Gasteiger partial charge in [0, 0.05) is 36.8 Å². The summed E-state index contributed by atoms with van der Waals surface area (Å²) in [7, 11) is 1.76. The third-order valence-corrected chi connectivity index (χ3v) is 6.29. The molecule has 0 saturated carbocycles. The predicted molar refractivity (Wildman–Crippen MR) is 135 cm³/mol.